The van der Waals surface area contributed by atoms with Crippen molar-refractivity contribution in [3.8, 4) is 0 Å². The lowest BCUT2D eigenvalue weighted by Gasteiger charge is -2.21. The Kier molecular flexibility index (Phi) is 5.76. The van der Waals surface area contributed by atoms with Crippen molar-refractivity contribution in [2.45, 2.75) is 33.0 Å². The summed E-state index contributed by atoms with van der Waals surface area (Å²) in [4.78, 5) is 41.0. The second-order valence-electron chi connectivity index (χ2n) is 8.44. The Balaban J connectivity index is 1.41. The fraction of sp³-hybridized carbons (Fsp3) is 0.222. The van der Waals surface area contributed by atoms with E-state index in [2.05, 4.69) is 28.4 Å². The zero-order valence-corrected chi connectivity index (χ0v) is 19.0. The van der Waals surface area contributed by atoms with Crippen LogP contribution in [0, 0.1) is 0 Å². The zero-order valence-electron chi connectivity index (χ0n) is 19.0. The molecule has 7 heteroatoms. The number of amides is 1. The summed E-state index contributed by atoms with van der Waals surface area (Å²) in [5.74, 6) is -0.317. The number of para-hydroxylation sites is 3. The number of hydrogen-bond donors (Lipinski definition) is 1. The number of rotatable bonds is 6. The maximum Gasteiger partial charge on any atom is 0.331 e. The van der Waals surface area contributed by atoms with E-state index in [9.17, 15) is 14.4 Å². The van der Waals surface area contributed by atoms with Gasteiger partial charge in [-0.2, -0.15) is 0 Å². The number of nitrogens with zero attached hydrogens (tertiary/aromatic N) is 3. The Bertz CT molecular complexity index is 1500. The number of fused-ring (bicyclic) bond motifs is 2. The summed E-state index contributed by atoms with van der Waals surface area (Å²) in [7, 11) is 0. The molecule has 1 aliphatic heterocycles. The van der Waals surface area contributed by atoms with Gasteiger partial charge >= 0.3 is 5.69 Å². The normalized spacial score (nSPS) is 12.7. The molecule has 7 nitrogen and oxygen atoms in total. The Hall–Kier alpha value is -4.13. The van der Waals surface area contributed by atoms with E-state index >= 15 is 0 Å². The van der Waals surface area contributed by atoms with E-state index in [4.69, 9.17) is 0 Å². The maximum absolute atomic E-state index is 13.1. The molecule has 3 aromatic carbocycles. The number of carbonyl (C=O) groups is 1. The van der Waals surface area contributed by atoms with Crippen LogP contribution in [0.4, 0.5) is 11.4 Å². The molecule has 5 rings (SSSR count). The fourth-order valence-electron chi connectivity index (χ4n) is 4.69. The Morgan fingerprint density at radius 3 is 2.50 bits per heavy atom. The fourth-order valence-corrected chi connectivity index (χ4v) is 4.69. The third-order valence-electron chi connectivity index (χ3n) is 6.39. The van der Waals surface area contributed by atoms with Gasteiger partial charge in [0, 0.05) is 31.0 Å². The van der Waals surface area contributed by atoms with E-state index in [1.165, 1.54) is 15.8 Å². The van der Waals surface area contributed by atoms with Crippen molar-refractivity contribution in [3.05, 3.63) is 105 Å². The average molecular weight is 455 g/mol. The summed E-state index contributed by atoms with van der Waals surface area (Å²) in [6.07, 6.45) is 1.01. The van der Waals surface area contributed by atoms with Gasteiger partial charge < -0.3 is 10.2 Å². The van der Waals surface area contributed by atoms with E-state index in [1.54, 1.807) is 31.2 Å². The molecule has 2 heterocycles. The first-order valence-corrected chi connectivity index (χ1v) is 11.5. The van der Waals surface area contributed by atoms with Gasteiger partial charge in [0.2, 0.25) is 5.91 Å². The smallest absolute Gasteiger partial charge is 0.331 e. The second kappa shape index (κ2) is 9.02. The van der Waals surface area contributed by atoms with Crippen molar-refractivity contribution >= 4 is 28.2 Å². The summed E-state index contributed by atoms with van der Waals surface area (Å²) in [6, 6.07) is 23.0. The van der Waals surface area contributed by atoms with Gasteiger partial charge in [0.25, 0.3) is 5.56 Å². The molecule has 0 bridgehead atoms. The Morgan fingerprint density at radius 1 is 0.912 bits per heavy atom. The van der Waals surface area contributed by atoms with Crippen LogP contribution in [-0.4, -0.2) is 21.6 Å². The predicted molar refractivity (Wildman–Crippen MR) is 134 cm³/mol. The van der Waals surface area contributed by atoms with Crippen LogP contribution in [0.5, 0.6) is 0 Å². The molecule has 1 amide bonds. The Morgan fingerprint density at radius 2 is 1.65 bits per heavy atom. The van der Waals surface area contributed by atoms with Crippen molar-refractivity contribution in [2.75, 3.05) is 16.8 Å². The van der Waals surface area contributed by atoms with Gasteiger partial charge in [0.05, 0.1) is 10.9 Å². The standard InChI is InChI=1S/C27H26N4O3/c1-2-30-26(33)21-11-5-8-14-24(21)31(27(30)34)18-25(32)28-22-12-6-3-10-20(22)17-29-16-15-19-9-4-7-13-23(19)29/h3-14H,2,15-18H2,1H3,(H,28,32). The minimum atomic E-state index is -0.483. The first-order chi connectivity index (χ1) is 16.6. The lowest BCUT2D eigenvalue weighted by atomic mass is 10.1. The molecule has 0 aliphatic carbocycles. The molecule has 0 atom stereocenters. The molecule has 34 heavy (non-hydrogen) atoms. The molecular formula is C27H26N4O3. The number of carbonyl (C=O) groups excluding carboxylic acids is 1. The van der Waals surface area contributed by atoms with Crippen molar-refractivity contribution in [2.24, 2.45) is 0 Å². The largest absolute Gasteiger partial charge is 0.367 e. The van der Waals surface area contributed by atoms with Gasteiger partial charge in [-0.25, -0.2) is 4.79 Å². The average Bonchev–Trinajstić information content (AvgIpc) is 3.26. The lowest BCUT2D eigenvalue weighted by Crippen LogP contribution is -2.41. The second-order valence-corrected chi connectivity index (χ2v) is 8.44. The molecule has 0 fully saturated rings. The monoisotopic (exact) mass is 454 g/mol. The predicted octanol–water partition coefficient (Wildman–Crippen LogP) is 3.38. The van der Waals surface area contributed by atoms with Gasteiger partial charge in [0.15, 0.2) is 0 Å². The minimum Gasteiger partial charge on any atom is -0.367 e. The molecule has 1 aromatic heterocycles. The molecule has 0 saturated carbocycles. The van der Waals surface area contributed by atoms with E-state index < -0.39 is 5.69 Å². The van der Waals surface area contributed by atoms with Gasteiger partial charge in [0.1, 0.15) is 6.54 Å². The molecule has 0 spiro atoms. The first kappa shape index (κ1) is 21.7. The lowest BCUT2D eigenvalue weighted by molar-refractivity contribution is -0.116. The van der Waals surface area contributed by atoms with Crippen LogP contribution in [0.3, 0.4) is 0 Å². The highest BCUT2D eigenvalue weighted by atomic mass is 16.2. The molecule has 0 unspecified atom stereocenters. The van der Waals surface area contributed by atoms with Crippen LogP contribution in [0.15, 0.2) is 82.4 Å². The molecular weight excluding hydrogens is 428 g/mol. The van der Waals surface area contributed by atoms with Gasteiger partial charge in [-0.1, -0.05) is 48.5 Å². The summed E-state index contributed by atoms with van der Waals surface area (Å²) in [5.41, 5.74) is 3.92. The number of aromatic nitrogens is 2. The van der Waals surface area contributed by atoms with E-state index in [-0.39, 0.29) is 24.6 Å². The molecule has 1 N–H and O–H groups in total. The van der Waals surface area contributed by atoms with Crippen molar-refractivity contribution in [1.29, 1.82) is 0 Å². The maximum atomic E-state index is 13.1. The molecule has 4 aromatic rings. The number of benzene rings is 3. The third-order valence-corrected chi connectivity index (χ3v) is 6.39. The molecule has 172 valence electrons. The summed E-state index contributed by atoms with van der Waals surface area (Å²) in [6.45, 7) is 3.41. The highest BCUT2D eigenvalue weighted by molar-refractivity contribution is 5.92. The quantitative estimate of drug-likeness (QED) is 0.485. The third kappa shape index (κ3) is 3.90. The van der Waals surface area contributed by atoms with Crippen molar-refractivity contribution in [1.82, 2.24) is 9.13 Å². The van der Waals surface area contributed by atoms with E-state index in [0.29, 0.717) is 17.4 Å². The van der Waals surface area contributed by atoms with Gasteiger partial charge in [-0.15, -0.1) is 0 Å². The Labute approximate surface area is 196 Å². The van der Waals surface area contributed by atoms with Crippen LogP contribution in [0.2, 0.25) is 0 Å². The van der Waals surface area contributed by atoms with Crippen LogP contribution in [0.25, 0.3) is 10.9 Å². The number of nitrogens with one attached hydrogen (secondary N) is 1. The van der Waals surface area contributed by atoms with E-state index in [0.717, 1.165) is 28.8 Å². The van der Waals surface area contributed by atoms with Crippen LogP contribution < -0.4 is 21.5 Å². The highest BCUT2D eigenvalue weighted by Gasteiger charge is 2.20. The van der Waals surface area contributed by atoms with Crippen molar-refractivity contribution in [3.63, 3.8) is 0 Å². The van der Waals surface area contributed by atoms with Crippen LogP contribution in [-0.2, 0) is 30.8 Å². The topological polar surface area (TPSA) is 76.3 Å². The van der Waals surface area contributed by atoms with Gasteiger partial charge in [-0.05, 0) is 48.7 Å². The SMILES string of the molecule is CCn1c(=O)c2ccccc2n(CC(=O)Nc2ccccc2CN2CCc3ccccc32)c1=O. The number of anilines is 2. The summed E-state index contributed by atoms with van der Waals surface area (Å²) < 4.78 is 2.53. The molecule has 1 aliphatic rings. The van der Waals surface area contributed by atoms with Crippen LogP contribution in [0.1, 0.15) is 18.1 Å². The van der Waals surface area contributed by atoms with Gasteiger partial charge in [-0.3, -0.25) is 18.7 Å². The van der Waals surface area contributed by atoms with E-state index in [1.807, 2.05) is 30.3 Å². The van der Waals surface area contributed by atoms with Crippen LogP contribution >= 0.6 is 0 Å². The van der Waals surface area contributed by atoms with Crippen molar-refractivity contribution < 1.29 is 4.79 Å². The zero-order chi connectivity index (χ0) is 23.7. The summed E-state index contributed by atoms with van der Waals surface area (Å²) in [5, 5.41) is 3.41. The molecule has 0 saturated heterocycles. The minimum absolute atomic E-state index is 0.180. The molecule has 0 radical (unpaired) electrons. The highest BCUT2D eigenvalue weighted by Crippen LogP contribution is 2.30. The first-order valence-electron chi connectivity index (χ1n) is 11.5. The summed E-state index contributed by atoms with van der Waals surface area (Å²) >= 11 is 0. The number of hydrogen-bond acceptors (Lipinski definition) is 4.